The number of nitrogens with one attached hydrogen (secondary N) is 2. The first kappa shape index (κ1) is 28.8. The smallest absolute Gasteiger partial charge is 0.255 e. The van der Waals surface area contributed by atoms with Crippen molar-refractivity contribution in [1.29, 1.82) is 0 Å². The van der Waals surface area contributed by atoms with E-state index in [-0.39, 0.29) is 30.5 Å². The molecule has 0 saturated carbocycles. The molecule has 4 aromatic carbocycles. The number of rotatable bonds is 9. The molecule has 0 radical (unpaired) electrons. The zero-order valence-electron chi connectivity index (χ0n) is 23.4. The second-order valence-corrected chi connectivity index (χ2v) is 10.1. The monoisotopic (exact) mass is 571 g/mol. The molecule has 4 aromatic rings. The number of halogens is 2. The zero-order valence-corrected chi connectivity index (χ0v) is 23.4. The number of ether oxygens (including phenoxy) is 2. The van der Waals surface area contributed by atoms with Crippen molar-refractivity contribution in [2.75, 3.05) is 26.1 Å². The fourth-order valence-electron chi connectivity index (χ4n) is 5.02. The summed E-state index contributed by atoms with van der Waals surface area (Å²) in [5.74, 6) is -0.690. The Kier molecular flexibility index (Phi) is 8.78. The van der Waals surface area contributed by atoms with Crippen molar-refractivity contribution in [1.82, 2.24) is 10.2 Å². The van der Waals surface area contributed by atoms with Crippen molar-refractivity contribution in [2.45, 2.75) is 26.1 Å². The summed E-state index contributed by atoms with van der Waals surface area (Å²) >= 11 is 0. The third-order valence-corrected chi connectivity index (χ3v) is 7.29. The largest absolute Gasteiger partial charge is 0.493 e. The van der Waals surface area contributed by atoms with Crippen LogP contribution in [0.2, 0.25) is 0 Å². The molecule has 42 heavy (non-hydrogen) atoms. The Balaban J connectivity index is 1.21. The molecule has 1 heterocycles. The summed E-state index contributed by atoms with van der Waals surface area (Å²) in [6.07, 6.45) is 0.747. The van der Waals surface area contributed by atoms with E-state index in [1.54, 1.807) is 36.4 Å². The average Bonchev–Trinajstić information content (AvgIpc) is 3.01. The highest BCUT2D eigenvalue weighted by Gasteiger charge is 2.20. The van der Waals surface area contributed by atoms with Gasteiger partial charge < -0.3 is 20.1 Å². The molecule has 9 heteroatoms. The molecule has 5 rings (SSSR count). The van der Waals surface area contributed by atoms with Gasteiger partial charge in [-0.2, -0.15) is 0 Å². The van der Waals surface area contributed by atoms with Crippen molar-refractivity contribution >= 4 is 17.5 Å². The van der Waals surface area contributed by atoms with Gasteiger partial charge in [0.2, 0.25) is 0 Å². The number of carbonyl (C=O) groups is 2. The predicted molar refractivity (Wildman–Crippen MR) is 156 cm³/mol. The van der Waals surface area contributed by atoms with E-state index in [0.717, 1.165) is 23.1 Å². The van der Waals surface area contributed by atoms with Gasteiger partial charge in [0, 0.05) is 48.6 Å². The normalized spacial score (nSPS) is 12.8. The van der Waals surface area contributed by atoms with Gasteiger partial charge in [-0.15, -0.1) is 0 Å². The number of amides is 2. The Hall–Kier alpha value is -4.76. The van der Waals surface area contributed by atoms with Gasteiger partial charge in [0.05, 0.1) is 14.2 Å². The SMILES string of the molecule is COc1ccc(C(=O)NCc2cccc(C(=O)Nc3ccc4c(c3)CN(Cc3c(F)cccc3F)CC4)c2)cc1OC. The first-order chi connectivity index (χ1) is 20.3. The molecule has 1 aliphatic heterocycles. The van der Waals surface area contributed by atoms with Crippen molar-refractivity contribution in [3.05, 3.63) is 124 Å². The quantitative estimate of drug-likeness (QED) is 0.269. The van der Waals surface area contributed by atoms with Crippen molar-refractivity contribution in [3.8, 4) is 11.5 Å². The fraction of sp³-hybridized carbons (Fsp3) is 0.212. The molecule has 2 N–H and O–H groups in total. The molecule has 0 aromatic heterocycles. The highest BCUT2D eigenvalue weighted by molar-refractivity contribution is 6.04. The molecule has 0 aliphatic carbocycles. The van der Waals surface area contributed by atoms with Gasteiger partial charge in [-0.3, -0.25) is 14.5 Å². The van der Waals surface area contributed by atoms with E-state index in [1.807, 2.05) is 29.2 Å². The van der Waals surface area contributed by atoms with E-state index in [1.165, 1.54) is 32.4 Å². The van der Waals surface area contributed by atoms with E-state index in [2.05, 4.69) is 10.6 Å². The van der Waals surface area contributed by atoms with Crippen LogP contribution in [0.5, 0.6) is 11.5 Å². The van der Waals surface area contributed by atoms with Crippen LogP contribution < -0.4 is 20.1 Å². The molecule has 7 nitrogen and oxygen atoms in total. The van der Waals surface area contributed by atoms with Crippen LogP contribution in [0.25, 0.3) is 0 Å². The molecule has 0 unspecified atom stereocenters. The second-order valence-electron chi connectivity index (χ2n) is 10.1. The van der Waals surface area contributed by atoms with Crippen molar-refractivity contribution in [3.63, 3.8) is 0 Å². The van der Waals surface area contributed by atoms with Crippen molar-refractivity contribution < 1.29 is 27.8 Å². The Morgan fingerprint density at radius 3 is 2.31 bits per heavy atom. The van der Waals surface area contributed by atoms with Crippen LogP contribution in [0.4, 0.5) is 14.5 Å². The van der Waals surface area contributed by atoms with Gasteiger partial charge in [-0.25, -0.2) is 8.78 Å². The third kappa shape index (κ3) is 6.58. The molecule has 0 saturated heterocycles. The molecule has 0 atom stereocenters. The first-order valence-electron chi connectivity index (χ1n) is 13.5. The number of hydrogen-bond acceptors (Lipinski definition) is 5. The standard InChI is InChI=1S/C33H31F2N3O4/c1-41-30-12-10-24(17-31(30)42-2)32(39)36-18-21-5-3-6-23(15-21)33(40)37-26-11-9-22-13-14-38(19-25(22)16-26)20-27-28(34)7-4-8-29(27)35/h3-12,15-17H,13-14,18-20H2,1-2H3,(H,36,39)(H,37,40). The first-order valence-corrected chi connectivity index (χ1v) is 13.5. The van der Waals surface area contributed by atoms with E-state index in [9.17, 15) is 18.4 Å². The summed E-state index contributed by atoms with van der Waals surface area (Å²) in [6.45, 7) is 1.60. The van der Waals surface area contributed by atoms with Crippen molar-refractivity contribution in [2.24, 2.45) is 0 Å². The Morgan fingerprint density at radius 2 is 1.55 bits per heavy atom. The Labute approximate surface area is 243 Å². The summed E-state index contributed by atoms with van der Waals surface area (Å²) < 4.78 is 38.8. The van der Waals surface area contributed by atoms with E-state index >= 15 is 0 Å². The molecule has 1 aliphatic rings. The van der Waals surface area contributed by atoms with Crippen LogP contribution in [0.1, 0.15) is 43.0 Å². The topological polar surface area (TPSA) is 79.9 Å². The number of anilines is 1. The molecule has 0 bridgehead atoms. The second kappa shape index (κ2) is 12.8. The minimum Gasteiger partial charge on any atom is -0.493 e. The highest BCUT2D eigenvalue weighted by Crippen LogP contribution is 2.28. The number of carbonyl (C=O) groups excluding carboxylic acids is 2. The highest BCUT2D eigenvalue weighted by atomic mass is 19.1. The number of benzene rings is 4. The van der Waals surface area contributed by atoms with Crippen LogP contribution >= 0.6 is 0 Å². The minimum absolute atomic E-state index is 0.0604. The number of fused-ring (bicyclic) bond motifs is 1. The van der Waals surface area contributed by atoms with Gasteiger partial charge in [-0.05, 0) is 77.7 Å². The molecular weight excluding hydrogens is 540 g/mol. The summed E-state index contributed by atoms with van der Waals surface area (Å²) in [4.78, 5) is 27.8. The van der Waals surface area contributed by atoms with Crippen LogP contribution in [-0.2, 0) is 26.1 Å². The van der Waals surface area contributed by atoms with E-state index in [0.29, 0.717) is 41.4 Å². The van der Waals surface area contributed by atoms with Crippen LogP contribution in [0.15, 0.2) is 78.9 Å². The van der Waals surface area contributed by atoms with Crippen LogP contribution in [-0.4, -0.2) is 37.5 Å². The van der Waals surface area contributed by atoms with Gasteiger partial charge in [0.25, 0.3) is 11.8 Å². The fourth-order valence-corrected chi connectivity index (χ4v) is 5.02. The number of hydrogen-bond donors (Lipinski definition) is 2. The summed E-state index contributed by atoms with van der Waals surface area (Å²) in [6, 6.07) is 21.6. The maximum absolute atomic E-state index is 14.2. The van der Waals surface area contributed by atoms with Gasteiger partial charge in [0.15, 0.2) is 11.5 Å². The lowest BCUT2D eigenvalue weighted by atomic mass is 9.98. The number of methoxy groups -OCH3 is 2. The maximum atomic E-state index is 14.2. The number of nitrogens with zero attached hydrogens (tertiary/aromatic N) is 1. The lowest BCUT2D eigenvalue weighted by Gasteiger charge is -2.29. The summed E-state index contributed by atoms with van der Waals surface area (Å²) in [7, 11) is 3.03. The summed E-state index contributed by atoms with van der Waals surface area (Å²) in [5.41, 5.74) is 4.47. The lowest BCUT2D eigenvalue weighted by Crippen LogP contribution is -2.30. The van der Waals surface area contributed by atoms with E-state index in [4.69, 9.17) is 9.47 Å². The Morgan fingerprint density at radius 1 is 0.810 bits per heavy atom. The third-order valence-electron chi connectivity index (χ3n) is 7.29. The molecular formula is C33H31F2N3O4. The Bertz CT molecular complexity index is 1600. The van der Waals surface area contributed by atoms with Gasteiger partial charge >= 0.3 is 0 Å². The predicted octanol–water partition coefficient (Wildman–Crippen LogP) is 5.72. The average molecular weight is 572 g/mol. The maximum Gasteiger partial charge on any atom is 0.255 e. The molecule has 2 amide bonds. The van der Waals surface area contributed by atoms with Crippen LogP contribution in [0, 0.1) is 11.6 Å². The molecule has 0 fully saturated rings. The minimum atomic E-state index is -0.551. The van der Waals surface area contributed by atoms with E-state index < -0.39 is 11.6 Å². The lowest BCUT2D eigenvalue weighted by molar-refractivity contribution is 0.0950. The zero-order chi connectivity index (χ0) is 29.6. The summed E-state index contributed by atoms with van der Waals surface area (Å²) in [5, 5.41) is 5.81. The van der Waals surface area contributed by atoms with Gasteiger partial charge in [-0.1, -0.05) is 24.3 Å². The molecule has 216 valence electrons. The molecule has 0 spiro atoms. The van der Waals surface area contributed by atoms with Crippen LogP contribution in [0.3, 0.4) is 0 Å². The van der Waals surface area contributed by atoms with Gasteiger partial charge in [0.1, 0.15) is 11.6 Å².